The summed E-state index contributed by atoms with van der Waals surface area (Å²) in [5, 5.41) is 0. The van der Waals surface area contributed by atoms with Gasteiger partial charge in [0.15, 0.2) is 5.78 Å². The van der Waals surface area contributed by atoms with Gasteiger partial charge in [0.2, 0.25) is 0 Å². The lowest BCUT2D eigenvalue weighted by atomic mass is 9.48. The van der Waals surface area contributed by atoms with Crippen LogP contribution in [0.1, 0.15) is 64.7 Å². The summed E-state index contributed by atoms with van der Waals surface area (Å²) < 4.78 is 0. The number of nitrogens with zero attached hydrogens (tertiary/aromatic N) is 1. The van der Waals surface area contributed by atoms with Gasteiger partial charge in [-0.25, -0.2) is 0 Å². The molecule has 5 rings (SSSR count). The molecule has 0 aromatic rings. The molecule has 1 aliphatic heterocycles. The molecule has 0 aromatic heterocycles. The predicted molar refractivity (Wildman–Crippen MR) is 80.5 cm³/mol. The van der Waals surface area contributed by atoms with Crippen molar-refractivity contribution in [2.75, 3.05) is 13.1 Å². The number of ketones is 1. The Labute approximate surface area is 123 Å². The average Bonchev–Trinajstić information content (AvgIpc) is 2.45. The van der Waals surface area contributed by atoms with Crippen LogP contribution in [0.2, 0.25) is 0 Å². The fourth-order valence-electron chi connectivity index (χ4n) is 6.33. The zero-order valence-electron chi connectivity index (χ0n) is 12.9. The summed E-state index contributed by atoms with van der Waals surface area (Å²) in [6.45, 7) is 4.50. The molecule has 0 spiro atoms. The Morgan fingerprint density at radius 2 is 1.45 bits per heavy atom. The molecule has 4 bridgehead atoms. The highest BCUT2D eigenvalue weighted by molar-refractivity contribution is 5.89. The van der Waals surface area contributed by atoms with Crippen molar-refractivity contribution in [2.45, 2.75) is 70.8 Å². The summed E-state index contributed by atoms with van der Waals surface area (Å²) in [5.41, 5.74) is 0.103. The van der Waals surface area contributed by atoms with E-state index >= 15 is 0 Å². The summed E-state index contributed by atoms with van der Waals surface area (Å²) in [6.07, 6.45) is 11.9. The van der Waals surface area contributed by atoms with Gasteiger partial charge in [0.1, 0.15) is 0 Å². The van der Waals surface area contributed by atoms with E-state index < -0.39 is 0 Å². The van der Waals surface area contributed by atoms with Crippen molar-refractivity contribution in [2.24, 2.45) is 23.2 Å². The highest BCUT2D eigenvalue weighted by Gasteiger charge is 2.55. The van der Waals surface area contributed by atoms with Crippen molar-refractivity contribution in [1.29, 1.82) is 0 Å². The van der Waals surface area contributed by atoms with Crippen LogP contribution in [0.15, 0.2) is 0 Å². The number of rotatable bonds is 3. The molecule has 2 heteroatoms. The van der Waals surface area contributed by atoms with E-state index in [1.807, 2.05) is 0 Å². The van der Waals surface area contributed by atoms with Crippen molar-refractivity contribution in [3.8, 4) is 0 Å². The van der Waals surface area contributed by atoms with Crippen LogP contribution < -0.4 is 0 Å². The molecular formula is C18H29NO. The highest BCUT2D eigenvalue weighted by atomic mass is 16.1. The number of hydrogen-bond donors (Lipinski definition) is 0. The molecule has 2 nitrogen and oxygen atoms in total. The van der Waals surface area contributed by atoms with Gasteiger partial charge in [0, 0.05) is 5.41 Å². The minimum atomic E-state index is 0.103. The minimum absolute atomic E-state index is 0.103. The first kappa shape index (κ1) is 13.3. The van der Waals surface area contributed by atoms with E-state index in [0.717, 1.165) is 30.8 Å². The maximum Gasteiger partial charge on any atom is 0.155 e. The smallest absolute Gasteiger partial charge is 0.155 e. The fourth-order valence-corrected chi connectivity index (χ4v) is 6.33. The van der Waals surface area contributed by atoms with Gasteiger partial charge >= 0.3 is 0 Å². The third kappa shape index (κ3) is 2.06. The second-order valence-corrected chi connectivity index (χ2v) is 8.33. The van der Waals surface area contributed by atoms with Crippen LogP contribution in [0.25, 0.3) is 0 Å². The first-order chi connectivity index (χ1) is 9.66. The third-order valence-electron chi connectivity index (χ3n) is 6.88. The van der Waals surface area contributed by atoms with E-state index in [4.69, 9.17) is 0 Å². The first-order valence-corrected chi connectivity index (χ1v) is 8.95. The SMILES string of the molecule is C[C@@H](C(=O)C12CC3CC(CC(C3)C1)C2)N1CCCCC1. The van der Waals surface area contributed by atoms with Crippen molar-refractivity contribution in [1.82, 2.24) is 4.90 Å². The molecule has 112 valence electrons. The van der Waals surface area contributed by atoms with Gasteiger partial charge < -0.3 is 0 Å². The summed E-state index contributed by atoms with van der Waals surface area (Å²) >= 11 is 0. The van der Waals surface area contributed by atoms with Crippen molar-refractivity contribution in [3.05, 3.63) is 0 Å². The molecule has 0 aromatic carbocycles. The van der Waals surface area contributed by atoms with Gasteiger partial charge in [-0.1, -0.05) is 6.42 Å². The molecule has 5 fully saturated rings. The zero-order chi connectivity index (χ0) is 13.7. The number of likely N-dealkylation sites (tertiary alicyclic amines) is 1. The first-order valence-electron chi connectivity index (χ1n) is 8.95. The van der Waals surface area contributed by atoms with E-state index in [0.29, 0.717) is 5.78 Å². The average molecular weight is 275 g/mol. The molecule has 1 heterocycles. The number of carbonyl (C=O) groups is 1. The Bertz CT molecular complexity index is 361. The lowest BCUT2D eigenvalue weighted by Gasteiger charge is -2.57. The maximum atomic E-state index is 13.3. The Hall–Kier alpha value is -0.370. The Kier molecular flexibility index (Phi) is 3.21. The maximum absolute atomic E-state index is 13.3. The number of carbonyl (C=O) groups excluding carboxylic acids is 1. The van der Waals surface area contributed by atoms with E-state index in [1.54, 1.807) is 0 Å². The van der Waals surface area contributed by atoms with Crippen LogP contribution >= 0.6 is 0 Å². The fraction of sp³-hybridized carbons (Fsp3) is 0.944. The molecule has 0 N–H and O–H groups in total. The lowest BCUT2D eigenvalue weighted by Crippen LogP contribution is -2.55. The van der Waals surface area contributed by atoms with Crippen LogP contribution in [0.4, 0.5) is 0 Å². The Morgan fingerprint density at radius 3 is 1.95 bits per heavy atom. The van der Waals surface area contributed by atoms with E-state index in [9.17, 15) is 4.79 Å². The topological polar surface area (TPSA) is 20.3 Å². The molecule has 1 atom stereocenters. The summed E-state index contributed by atoms with van der Waals surface area (Å²) in [5.74, 6) is 3.29. The summed E-state index contributed by atoms with van der Waals surface area (Å²) in [7, 11) is 0. The quantitative estimate of drug-likeness (QED) is 0.783. The molecule has 0 amide bonds. The third-order valence-corrected chi connectivity index (χ3v) is 6.88. The number of piperidine rings is 1. The van der Waals surface area contributed by atoms with Crippen molar-refractivity contribution < 1.29 is 4.79 Å². The lowest BCUT2D eigenvalue weighted by molar-refractivity contribution is -0.149. The summed E-state index contributed by atoms with van der Waals surface area (Å²) in [4.78, 5) is 15.7. The van der Waals surface area contributed by atoms with E-state index in [1.165, 1.54) is 57.8 Å². The molecule has 1 saturated heterocycles. The van der Waals surface area contributed by atoms with Gasteiger partial charge in [0.05, 0.1) is 6.04 Å². The molecule has 0 radical (unpaired) electrons. The van der Waals surface area contributed by atoms with Gasteiger partial charge in [-0.2, -0.15) is 0 Å². The largest absolute Gasteiger partial charge is 0.297 e. The molecule has 5 aliphatic rings. The van der Waals surface area contributed by atoms with Gasteiger partial charge in [-0.3, -0.25) is 9.69 Å². The number of Topliss-reactive ketones (excluding diaryl/α,β-unsaturated/α-hetero) is 1. The van der Waals surface area contributed by atoms with Crippen LogP contribution in [-0.4, -0.2) is 29.8 Å². The molecule has 0 unspecified atom stereocenters. The second kappa shape index (κ2) is 4.83. The summed E-state index contributed by atoms with van der Waals surface area (Å²) in [6, 6.07) is 0.187. The predicted octanol–water partition coefficient (Wildman–Crippen LogP) is 3.65. The van der Waals surface area contributed by atoms with Gasteiger partial charge in [-0.05, 0) is 89.1 Å². The molecule has 20 heavy (non-hydrogen) atoms. The normalized spacial score (nSPS) is 45.5. The van der Waals surface area contributed by atoms with Crippen LogP contribution in [0.5, 0.6) is 0 Å². The Morgan fingerprint density at radius 1 is 0.950 bits per heavy atom. The van der Waals surface area contributed by atoms with Crippen LogP contribution in [0, 0.1) is 23.2 Å². The molecular weight excluding hydrogens is 246 g/mol. The van der Waals surface area contributed by atoms with Crippen LogP contribution in [0.3, 0.4) is 0 Å². The Balaban J connectivity index is 1.52. The monoisotopic (exact) mass is 275 g/mol. The molecule has 4 aliphatic carbocycles. The highest BCUT2D eigenvalue weighted by Crippen LogP contribution is 2.60. The molecule has 4 saturated carbocycles. The van der Waals surface area contributed by atoms with Gasteiger partial charge in [-0.15, -0.1) is 0 Å². The van der Waals surface area contributed by atoms with Crippen molar-refractivity contribution in [3.63, 3.8) is 0 Å². The number of hydrogen-bond acceptors (Lipinski definition) is 2. The van der Waals surface area contributed by atoms with Crippen LogP contribution in [-0.2, 0) is 4.79 Å². The van der Waals surface area contributed by atoms with Crippen molar-refractivity contribution >= 4 is 5.78 Å². The van der Waals surface area contributed by atoms with Gasteiger partial charge in [0.25, 0.3) is 0 Å². The minimum Gasteiger partial charge on any atom is -0.297 e. The standard InChI is InChI=1S/C18H29NO/c1-13(19-5-3-2-4-6-19)17(20)18-10-14-7-15(11-18)9-16(8-14)12-18/h13-16H,2-12H2,1H3/t13-,14?,15?,16?,18?/m0/s1. The zero-order valence-corrected chi connectivity index (χ0v) is 12.9. The second-order valence-electron chi connectivity index (χ2n) is 8.33. The van der Waals surface area contributed by atoms with E-state index in [2.05, 4.69) is 11.8 Å². The van der Waals surface area contributed by atoms with E-state index in [-0.39, 0.29) is 11.5 Å².